The van der Waals surface area contributed by atoms with Crippen LogP contribution in [-0.4, -0.2) is 80.8 Å². The molecule has 4 heterocycles. The van der Waals surface area contributed by atoms with Gasteiger partial charge in [0, 0.05) is 25.2 Å². The fourth-order valence-corrected chi connectivity index (χ4v) is 5.55. The number of carboxylic acids is 1. The normalized spacial score (nSPS) is 18.6. The molecule has 2 aliphatic rings. The summed E-state index contributed by atoms with van der Waals surface area (Å²) in [6, 6.07) is 11.7. The van der Waals surface area contributed by atoms with Crippen LogP contribution >= 0.6 is 11.3 Å². The van der Waals surface area contributed by atoms with E-state index in [1.165, 1.54) is 36.1 Å². The van der Waals surface area contributed by atoms with Crippen molar-refractivity contribution in [1.29, 1.82) is 0 Å². The second-order valence-electron chi connectivity index (χ2n) is 8.81. The quantitative estimate of drug-likeness (QED) is 0.483. The van der Waals surface area contributed by atoms with Gasteiger partial charge in [0.05, 0.1) is 7.11 Å². The van der Waals surface area contributed by atoms with Gasteiger partial charge in [-0.1, -0.05) is 41.7 Å². The summed E-state index contributed by atoms with van der Waals surface area (Å²) in [4.78, 5) is 39.7. The standard InChI is InChI=1S/C22H26N6O2S.C2HF3O2/c1-30-19-18-20(24-14-23-19)31-21(25-18)26-22(29)27-12-9-16(10-13-27)28-11-5-8-17(28)15-6-3-2-4-7-15;3-2(4,5)1(6)7/h2-4,6-7,14,16-17H,5,8-13H2,1H3,(H,25,26,29);(H,6,7). The number of thiazole rings is 1. The zero-order valence-electron chi connectivity index (χ0n) is 20.5. The van der Waals surface area contributed by atoms with Crippen LogP contribution in [0.3, 0.4) is 0 Å². The predicted octanol–water partition coefficient (Wildman–Crippen LogP) is 4.56. The lowest BCUT2D eigenvalue weighted by Crippen LogP contribution is -2.47. The number of benzene rings is 1. The zero-order valence-corrected chi connectivity index (χ0v) is 21.3. The number of aliphatic carboxylic acids is 1. The van der Waals surface area contributed by atoms with E-state index in [0.29, 0.717) is 33.4 Å². The fraction of sp³-hybridized carbons (Fsp3) is 0.458. The summed E-state index contributed by atoms with van der Waals surface area (Å²) in [6.45, 7) is 2.65. The summed E-state index contributed by atoms with van der Waals surface area (Å²) in [5.74, 6) is -2.34. The highest BCUT2D eigenvalue weighted by Gasteiger charge is 2.38. The summed E-state index contributed by atoms with van der Waals surface area (Å²) in [7, 11) is 1.55. The number of urea groups is 1. The Morgan fingerprint density at radius 1 is 1.11 bits per heavy atom. The lowest BCUT2D eigenvalue weighted by atomic mass is 9.99. The van der Waals surface area contributed by atoms with E-state index in [0.717, 1.165) is 32.5 Å². The number of alkyl halides is 3. The number of anilines is 1. The topological polar surface area (TPSA) is 121 Å². The Hall–Kier alpha value is -3.52. The summed E-state index contributed by atoms with van der Waals surface area (Å²) in [5.41, 5.74) is 1.99. The summed E-state index contributed by atoms with van der Waals surface area (Å²) >= 11 is 1.33. The molecule has 0 saturated carbocycles. The Bertz CT molecular complexity index is 1250. The third kappa shape index (κ3) is 6.48. The number of methoxy groups -OCH3 is 1. The number of carboxylic acid groups (broad SMARTS) is 1. The minimum Gasteiger partial charge on any atom is -0.479 e. The van der Waals surface area contributed by atoms with Gasteiger partial charge >= 0.3 is 18.2 Å². The van der Waals surface area contributed by atoms with Gasteiger partial charge in [-0.2, -0.15) is 18.2 Å². The van der Waals surface area contributed by atoms with Gasteiger partial charge in [-0.3, -0.25) is 10.2 Å². The maximum Gasteiger partial charge on any atom is 0.490 e. The SMILES string of the molecule is COc1ncnc2sc(NC(=O)N3CCC(N4CCCC4c4ccccc4)CC3)nc12.O=C(O)C(F)(F)F. The van der Waals surface area contributed by atoms with Crippen LogP contribution in [0.25, 0.3) is 10.3 Å². The van der Waals surface area contributed by atoms with Crippen LogP contribution in [0.2, 0.25) is 0 Å². The van der Waals surface area contributed by atoms with Crippen LogP contribution in [0.15, 0.2) is 36.7 Å². The van der Waals surface area contributed by atoms with E-state index in [9.17, 15) is 18.0 Å². The van der Waals surface area contributed by atoms with Crippen molar-refractivity contribution in [1.82, 2.24) is 24.8 Å². The van der Waals surface area contributed by atoms with E-state index in [-0.39, 0.29) is 6.03 Å². The third-order valence-corrected chi connectivity index (χ3v) is 7.39. The number of rotatable bonds is 4. The minimum absolute atomic E-state index is 0.106. The van der Waals surface area contributed by atoms with Gasteiger partial charge in [0.1, 0.15) is 6.33 Å². The number of piperidine rings is 1. The molecule has 5 rings (SSSR count). The van der Waals surface area contributed by atoms with E-state index in [1.807, 2.05) is 4.90 Å². The molecule has 38 heavy (non-hydrogen) atoms. The fourth-order valence-electron chi connectivity index (χ4n) is 4.77. The molecule has 0 spiro atoms. The first-order chi connectivity index (χ1) is 18.2. The Kier molecular flexibility index (Phi) is 8.62. The first kappa shape index (κ1) is 27.5. The zero-order chi connectivity index (χ0) is 27.3. The molecule has 0 radical (unpaired) electrons. The van der Waals surface area contributed by atoms with E-state index >= 15 is 0 Å². The van der Waals surface area contributed by atoms with Gasteiger partial charge in [0.25, 0.3) is 0 Å². The number of nitrogens with zero attached hydrogens (tertiary/aromatic N) is 5. The monoisotopic (exact) mass is 552 g/mol. The van der Waals surface area contributed by atoms with Crippen molar-refractivity contribution in [3.63, 3.8) is 0 Å². The smallest absolute Gasteiger partial charge is 0.479 e. The Morgan fingerprint density at radius 3 is 2.42 bits per heavy atom. The molecule has 0 bridgehead atoms. The van der Waals surface area contributed by atoms with Crippen molar-refractivity contribution in [2.75, 3.05) is 32.1 Å². The minimum atomic E-state index is -5.08. The van der Waals surface area contributed by atoms with Crippen molar-refractivity contribution in [2.24, 2.45) is 0 Å². The molecule has 2 amide bonds. The van der Waals surface area contributed by atoms with Crippen molar-refractivity contribution in [2.45, 2.75) is 43.9 Å². The molecule has 1 unspecified atom stereocenters. The molecule has 3 aromatic rings. The number of carbonyl (C=O) groups is 2. The van der Waals surface area contributed by atoms with Crippen molar-refractivity contribution in [3.8, 4) is 5.88 Å². The van der Waals surface area contributed by atoms with Crippen LogP contribution in [0.4, 0.5) is 23.1 Å². The predicted molar refractivity (Wildman–Crippen MR) is 134 cm³/mol. The Balaban J connectivity index is 0.000000426. The second-order valence-corrected chi connectivity index (χ2v) is 9.79. The van der Waals surface area contributed by atoms with Gasteiger partial charge in [-0.05, 0) is 37.8 Å². The average Bonchev–Trinajstić information content (AvgIpc) is 3.56. The van der Waals surface area contributed by atoms with Gasteiger partial charge in [0.15, 0.2) is 15.5 Å². The van der Waals surface area contributed by atoms with Crippen LogP contribution in [0.1, 0.15) is 37.3 Å². The third-order valence-electron chi connectivity index (χ3n) is 6.51. The number of amides is 2. The molecule has 14 heteroatoms. The first-order valence-corrected chi connectivity index (χ1v) is 12.8. The van der Waals surface area contributed by atoms with Crippen LogP contribution in [0.5, 0.6) is 5.88 Å². The molecule has 10 nitrogen and oxygen atoms in total. The second kappa shape index (κ2) is 11.9. The number of nitrogens with one attached hydrogen (secondary N) is 1. The molecule has 2 fully saturated rings. The van der Waals surface area contributed by atoms with Gasteiger partial charge in [-0.25, -0.2) is 19.6 Å². The number of halogens is 3. The molecular weight excluding hydrogens is 525 g/mol. The number of carbonyl (C=O) groups excluding carboxylic acids is 1. The number of fused-ring (bicyclic) bond motifs is 1. The van der Waals surface area contributed by atoms with Crippen LogP contribution < -0.4 is 10.1 Å². The summed E-state index contributed by atoms with van der Waals surface area (Å²) in [6.07, 6.45) is 0.807. The molecule has 2 N–H and O–H groups in total. The van der Waals surface area contributed by atoms with Crippen LogP contribution in [0, 0.1) is 0 Å². The maximum atomic E-state index is 12.8. The Labute approximate surface area is 220 Å². The highest BCUT2D eigenvalue weighted by molar-refractivity contribution is 7.22. The van der Waals surface area contributed by atoms with E-state index in [4.69, 9.17) is 14.6 Å². The lowest BCUT2D eigenvalue weighted by Gasteiger charge is -2.39. The van der Waals surface area contributed by atoms with Crippen LogP contribution in [-0.2, 0) is 4.79 Å². The van der Waals surface area contributed by atoms with Gasteiger partial charge in [-0.15, -0.1) is 0 Å². The number of ether oxygens (including phenoxy) is 1. The molecule has 0 aliphatic carbocycles. The molecule has 2 aromatic heterocycles. The van der Waals surface area contributed by atoms with Gasteiger partial charge in [0.2, 0.25) is 5.88 Å². The van der Waals surface area contributed by atoms with Gasteiger partial charge < -0.3 is 14.7 Å². The number of hydrogen-bond donors (Lipinski definition) is 2. The molecular formula is C24H27F3N6O4S. The van der Waals surface area contributed by atoms with Crippen molar-refractivity contribution >= 4 is 38.8 Å². The first-order valence-electron chi connectivity index (χ1n) is 12.0. The molecule has 1 atom stereocenters. The Morgan fingerprint density at radius 2 is 1.79 bits per heavy atom. The van der Waals surface area contributed by atoms with Crippen molar-refractivity contribution in [3.05, 3.63) is 42.2 Å². The number of hydrogen-bond acceptors (Lipinski definition) is 8. The molecule has 1 aromatic carbocycles. The lowest BCUT2D eigenvalue weighted by molar-refractivity contribution is -0.192. The van der Waals surface area contributed by atoms with E-state index in [2.05, 4.69) is 55.5 Å². The highest BCUT2D eigenvalue weighted by Crippen LogP contribution is 2.36. The molecule has 2 aliphatic heterocycles. The highest BCUT2D eigenvalue weighted by atomic mass is 32.1. The van der Waals surface area contributed by atoms with E-state index < -0.39 is 12.1 Å². The molecule has 2 saturated heterocycles. The molecule has 204 valence electrons. The number of aromatic nitrogens is 3. The number of likely N-dealkylation sites (tertiary alicyclic amines) is 2. The maximum absolute atomic E-state index is 12.8. The summed E-state index contributed by atoms with van der Waals surface area (Å²) < 4.78 is 37.0. The van der Waals surface area contributed by atoms with Crippen molar-refractivity contribution < 1.29 is 32.6 Å². The van der Waals surface area contributed by atoms with E-state index in [1.54, 1.807) is 7.11 Å². The average molecular weight is 553 g/mol. The summed E-state index contributed by atoms with van der Waals surface area (Å²) in [5, 5.41) is 10.6. The largest absolute Gasteiger partial charge is 0.490 e.